The second kappa shape index (κ2) is 5.75. The summed E-state index contributed by atoms with van der Waals surface area (Å²) in [5.74, 6) is 0.110. The van der Waals surface area contributed by atoms with Crippen molar-refractivity contribution in [1.29, 1.82) is 0 Å². The number of hydrogen-bond acceptors (Lipinski definition) is 4. The fourth-order valence-corrected chi connectivity index (χ4v) is 2.08. The van der Waals surface area contributed by atoms with E-state index >= 15 is 0 Å². The first-order valence-corrected chi connectivity index (χ1v) is 5.97. The third-order valence-corrected chi connectivity index (χ3v) is 3.19. The van der Waals surface area contributed by atoms with E-state index in [2.05, 4.69) is 0 Å². The Morgan fingerprint density at radius 2 is 2.08 bits per heavy atom. The molecule has 0 saturated heterocycles. The highest BCUT2D eigenvalue weighted by atomic mass is 35.5. The van der Waals surface area contributed by atoms with Crippen molar-refractivity contribution >= 4 is 21.4 Å². The molecule has 2 N–H and O–H groups in total. The van der Waals surface area contributed by atoms with Crippen LogP contribution in [0, 0.1) is 0 Å². The minimum Gasteiger partial charge on any atom is -0.363 e. The summed E-state index contributed by atoms with van der Waals surface area (Å²) in [4.78, 5) is 0. The van der Waals surface area contributed by atoms with E-state index in [-0.39, 0.29) is 24.0 Å². The topological polar surface area (TPSA) is 69.4 Å². The van der Waals surface area contributed by atoms with Crippen molar-refractivity contribution in [3.05, 3.63) is 0 Å². The molecule has 1 atom stereocenters. The maximum absolute atomic E-state index is 11.0. The maximum atomic E-state index is 11.0. The first kappa shape index (κ1) is 12.2. The van der Waals surface area contributed by atoms with Gasteiger partial charge in [-0.2, -0.15) is 0 Å². The number of rotatable bonds is 6. The van der Waals surface area contributed by atoms with Crippen molar-refractivity contribution in [2.45, 2.75) is 13.2 Å². The zero-order valence-electron chi connectivity index (χ0n) is 6.99. The van der Waals surface area contributed by atoms with Crippen LogP contribution in [0.4, 0.5) is 0 Å². The van der Waals surface area contributed by atoms with Crippen LogP contribution >= 0.6 is 11.6 Å². The van der Waals surface area contributed by atoms with E-state index in [9.17, 15) is 8.42 Å². The molecule has 0 aromatic heterocycles. The lowest BCUT2D eigenvalue weighted by molar-refractivity contribution is 0.0827. The van der Waals surface area contributed by atoms with Crippen LogP contribution in [0.1, 0.15) is 6.92 Å². The van der Waals surface area contributed by atoms with E-state index in [1.165, 1.54) is 0 Å². The number of alkyl halides is 1. The molecule has 0 saturated carbocycles. The summed E-state index contributed by atoms with van der Waals surface area (Å²) in [6, 6.07) is 0. The lowest BCUT2D eigenvalue weighted by atomic mass is 10.7. The van der Waals surface area contributed by atoms with Gasteiger partial charge < -0.3 is 10.5 Å². The molecule has 0 aromatic carbocycles. The van der Waals surface area contributed by atoms with E-state index in [1.807, 2.05) is 0 Å². The molecule has 6 heteroatoms. The quantitative estimate of drug-likeness (QED) is 0.499. The third kappa shape index (κ3) is 6.84. The van der Waals surface area contributed by atoms with Gasteiger partial charge in [0.25, 0.3) is 0 Å². The lowest BCUT2D eigenvalue weighted by Gasteiger charge is -2.06. The van der Waals surface area contributed by atoms with Gasteiger partial charge in [-0.1, -0.05) is 0 Å². The Bertz CT molecular complexity index is 203. The molecule has 0 spiro atoms. The van der Waals surface area contributed by atoms with Crippen LogP contribution in [0.5, 0.6) is 0 Å². The van der Waals surface area contributed by atoms with Crippen molar-refractivity contribution in [3.8, 4) is 0 Å². The number of halogens is 1. The number of hydrogen-bond donors (Lipinski definition) is 1. The predicted molar refractivity (Wildman–Crippen MR) is 49.0 cm³/mol. The van der Waals surface area contributed by atoms with Crippen LogP contribution in [-0.2, 0) is 14.6 Å². The summed E-state index contributed by atoms with van der Waals surface area (Å²) in [5.41, 5.74) is 5.25. The molecule has 0 aliphatic rings. The van der Waals surface area contributed by atoms with Crippen LogP contribution < -0.4 is 5.73 Å². The normalized spacial score (nSPS) is 14.6. The molecule has 0 aromatic rings. The lowest BCUT2D eigenvalue weighted by Crippen LogP contribution is -2.24. The van der Waals surface area contributed by atoms with Crippen LogP contribution in [-0.4, -0.2) is 38.6 Å². The van der Waals surface area contributed by atoms with Gasteiger partial charge in [-0.15, -0.1) is 11.6 Å². The summed E-state index contributed by atoms with van der Waals surface area (Å²) in [6.45, 7) is 1.78. The Balaban J connectivity index is 3.62. The molecule has 1 unspecified atom stereocenters. The Morgan fingerprint density at radius 3 is 2.50 bits per heavy atom. The standard InChI is InChI=1S/C6H14ClNO3S/c1-6(8)11-3-5-12(9,10)4-2-7/h6H,2-5,8H2,1H3. The van der Waals surface area contributed by atoms with Gasteiger partial charge in [0, 0.05) is 5.88 Å². The SMILES string of the molecule is CC(N)OCCS(=O)(=O)CCCl. The Labute approximate surface area is 77.9 Å². The molecule has 74 valence electrons. The first-order valence-electron chi connectivity index (χ1n) is 3.61. The molecule has 0 heterocycles. The monoisotopic (exact) mass is 215 g/mol. The molecule has 0 aliphatic heterocycles. The zero-order valence-corrected chi connectivity index (χ0v) is 8.57. The minimum atomic E-state index is -3.04. The van der Waals surface area contributed by atoms with E-state index < -0.39 is 16.1 Å². The van der Waals surface area contributed by atoms with E-state index in [4.69, 9.17) is 22.1 Å². The maximum Gasteiger partial charge on any atom is 0.153 e. The van der Waals surface area contributed by atoms with E-state index in [1.54, 1.807) is 6.92 Å². The molecule has 0 amide bonds. The van der Waals surface area contributed by atoms with Gasteiger partial charge in [0.05, 0.1) is 18.1 Å². The van der Waals surface area contributed by atoms with Crippen LogP contribution in [0.3, 0.4) is 0 Å². The van der Waals surface area contributed by atoms with E-state index in [0.29, 0.717) is 0 Å². The summed E-state index contributed by atoms with van der Waals surface area (Å²) in [6.07, 6.45) is -0.420. The van der Waals surface area contributed by atoms with Crippen molar-refractivity contribution < 1.29 is 13.2 Å². The first-order chi connectivity index (χ1) is 5.48. The third-order valence-electron chi connectivity index (χ3n) is 1.16. The molecule has 0 radical (unpaired) electrons. The molecular formula is C6H14ClNO3S. The molecule has 0 bridgehead atoms. The average Bonchev–Trinajstić information content (AvgIpc) is 1.85. The Morgan fingerprint density at radius 1 is 1.50 bits per heavy atom. The van der Waals surface area contributed by atoms with Crippen molar-refractivity contribution in [2.24, 2.45) is 5.73 Å². The van der Waals surface area contributed by atoms with Gasteiger partial charge in [0.1, 0.15) is 6.23 Å². The fraction of sp³-hybridized carbons (Fsp3) is 1.00. The second-order valence-electron chi connectivity index (χ2n) is 2.42. The Kier molecular flexibility index (Phi) is 5.82. The summed E-state index contributed by atoms with van der Waals surface area (Å²) >= 11 is 5.28. The number of sulfone groups is 1. The Hall–Kier alpha value is 0.160. The van der Waals surface area contributed by atoms with Gasteiger partial charge in [0.2, 0.25) is 0 Å². The van der Waals surface area contributed by atoms with Gasteiger partial charge in [-0.25, -0.2) is 8.42 Å². The molecule has 0 rings (SSSR count). The largest absolute Gasteiger partial charge is 0.363 e. The zero-order chi connectivity index (χ0) is 9.61. The molecular weight excluding hydrogens is 202 g/mol. The van der Waals surface area contributed by atoms with Crippen molar-refractivity contribution in [2.75, 3.05) is 24.0 Å². The van der Waals surface area contributed by atoms with Crippen LogP contribution in [0.15, 0.2) is 0 Å². The van der Waals surface area contributed by atoms with Crippen LogP contribution in [0.25, 0.3) is 0 Å². The minimum absolute atomic E-state index is 0.00311. The van der Waals surface area contributed by atoms with Gasteiger partial charge in [0.15, 0.2) is 9.84 Å². The highest BCUT2D eigenvalue weighted by Crippen LogP contribution is 1.93. The summed E-state index contributed by atoms with van der Waals surface area (Å²) in [7, 11) is -3.04. The highest BCUT2D eigenvalue weighted by molar-refractivity contribution is 7.91. The van der Waals surface area contributed by atoms with Gasteiger partial charge in [-0.3, -0.25) is 0 Å². The smallest absolute Gasteiger partial charge is 0.153 e. The van der Waals surface area contributed by atoms with Gasteiger partial charge in [-0.05, 0) is 6.92 Å². The summed E-state index contributed by atoms with van der Waals surface area (Å²) < 4.78 is 26.9. The number of ether oxygens (including phenoxy) is 1. The molecule has 0 aliphatic carbocycles. The van der Waals surface area contributed by atoms with Crippen molar-refractivity contribution in [1.82, 2.24) is 0 Å². The van der Waals surface area contributed by atoms with E-state index in [0.717, 1.165) is 0 Å². The summed E-state index contributed by atoms with van der Waals surface area (Å²) in [5, 5.41) is 0. The average molecular weight is 216 g/mol. The number of nitrogens with two attached hydrogens (primary N) is 1. The van der Waals surface area contributed by atoms with Crippen molar-refractivity contribution in [3.63, 3.8) is 0 Å². The molecule has 4 nitrogen and oxygen atoms in total. The van der Waals surface area contributed by atoms with Crippen LogP contribution in [0.2, 0.25) is 0 Å². The molecule has 0 fully saturated rings. The van der Waals surface area contributed by atoms with Gasteiger partial charge >= 0.3 is 0 Å². The second-order valence-corrected chi connectivity index (χ2v) is 5.10. The highest BCUT2D eigenvalue weighted by Gasteiger charge is 2.09. The fourth-order valence-electron chi connectivity index (χ4n) is 0.581. The molecule has 12 heavy (non-hydrogen) atoms. The predicted octanol–water partition coefficient (Wildman–Crippen LogP) is -0.0387.